The lowest BCUT2D eigenvalue weighted by molar-refractivity contribution is -0.139. The maximum atomic E-state index is 11.1. The Hall–Kier alpha value is -1.02. The van der Waals surface area contributed by atoms with Crippen LogP contribution >= 0.6 is 11.6 Å². The highest BCUT2D eigenvalue weighted by Crippen LogP contribution is 2.28. The molecule has 0 aliphatic carbocycles. The molecule has 2 nitrogen and oxygen atoms in total. The van der Waals surface area contributed by atoms with Crippen molar-refractivity contribution in [3.8, 4) is 0 Å². The van der Waals surface area contributed by atoms with E-state index < -0.39 is 11.9 Å². The predicted molar refractivity (Wildman–Crippen MR) is 61.4 cm³/mol. The molecule has 0 fully saturated rings. The first kappa shape index (κ1) is 12.1. The van der Waals surface area contributed by atoms with Crippen LogP contribution in [0.3, 0.4) is 0 Å². The molecule has 1 atom stereocenters. The van der Waals surface area contributed by atoms with Gasteiger partial charge >= 0.3 is 5.97 Å². The summed E-state index contributed by atoms with van der Waals surface area (Å²) >= 11 is 5.98. The average molecular weight is 227 g/mol. The lowest BCUT2D eigenvalue weighted by Gasteiger charge is -2.13. The Labute approximate surface area is 94.9 Å². The molecule has 82 valence electrons. The Morgan fingerprint density at radius 1 is 1.47 bits per heavy atom. The Morgan fingerprint density at radius 2 is 2.13 bits per heavy atom. The molecule has 0 amide bonds. The molecule has 0 radical (unpaired) electrons. The van der Waals surface area contributed by atoms with Gasteiger partial charge in [-0.2, -0.15) is 0 Å². The number of benzene rings is 1. The Morgan fingerprint density at radius 3 is 2.67 bits per heavy atom. The van der Waals surface area contributed by atoms with Crippen molar-refractivity contribution in [1.82, 2.24) is 0 Å². The van der Waals surface area contributed by atoms with Crippen LogP contribution in [0.4, 0.5) is 0 Å². The van der Waals surface area contributed by atoms with Crippen molar-refractivity contribution in [3.63, 3.8) is 0 Å². The van der Waals surface area contributed by atoms with E-state index in [-0.39, 0.29) is 0 Å². The summed E-state index contributed by atoms with van der Waals surface area (Å²) in [5.74, 6) is -1.27. The number of halogens is 1. The number of rotatable bonds is 5. The van der Waals surface area contributed by atoms with Crippen molar-refractivity contribution in [2.24, 2.45) is 0 Å². The van der Waals surface area contributed by atoms with Crippen LogP contribution in [0.15, 0.2) is 24.3 Å². The van der Waals surface area contributed by atoms with Crippen LogP contribution < -0.4 is 0 Å². The molecule has 0 saturated heterocycles. The molecule has 0 aliphatic rings. The van der Waals surface area contributed by atoms with Gasteiger partial charge in [0.1, 0.15) is 0 Å². The highest BCUT2D eigenvalue weighted by molar-refractivity contribution is 6.31. The normalized spacial score (nSPS) is 12.4. The summed E-state index contributed by atoms with van der Waals surface area (Å²) in [5.41, 5.74) is 0.722. The molecule has 0 bridgehead atoms. The average Bonchev–Trinajstić information content (AvgIpc) is 2.20. The minimum atomic E-state index is -0.795. The number of carbonyl (C=O) groups is 1. The van der Waals surface area contributed by atoms with E-state index in [2.05, 4.69) is 0 Å². The summed E-state index contributed by atoms with van der Waals surface area (Å²) in [7, 11) is 0. The van der Waals surface area contributed by atoms with Gasteiger partial charge in [-0.3, -0.25) is 4.79 Å². The molecular weight excluding hydrogens is 212 g/mol. The van der Waals surface area contributed by atoms with Gasteiger partial charge in [0.15, 0.2) is 0 Å². The second kappa shape index (κ2) is 5.76. The summed E-state index contributed by atoms with van der Waals surface area (Å²) in [6.45, 7) is 2.05. The maximum absolute atomic E-state index is 11.1. The number of hydrogen-bond donors (Lipinski definition) is 1. The number of hydrogen-bond acceptors (Lipinski definition) is 1. The van der Waals surface area contributed by atoms with Gasteiger partial charge in [0, 0.05) is 5.02 Å². The maximum Gasteiger partial charge on any atom is 0.311 e. The topological polar surface area (TPSA) is 37.3 Å². The first-order chi connectivity index (χ1) is 7.16. The molecule has 15 heavy (non-hydrogen) atoms. The van der Waals surface area contributed by atoms with Gasteiger partial charge < -0.3 is 5.11 Å². The molecule has 1 aromatic carbocycles. The summed E-state index contributed by atoms with van der Waals surface area (Å²) in [4.78, 5) is 11.1. The fourth-order valence-electron chi connectivity index (χ4n) is 1.58. The molecule has 3 heteroatoms. The zero-order valence-corrected chi connectivity index (χ0v) is 9.50. The first-order valence-electron chi connectivity index (χ1n) is 5.14. The second-order valence-corrected chi connectivity index (χ2v) is 3.96. The van der Waals surface area contributed by atoms with Gasteiger partial charge in [0.2, 0.25) is 0 Å². The van der Waals surface area contributed by atoms with Gasteiger partial charge in [-0.25, -0.2) is 0 Å². The van der Waals surface area contributed by atoms with Crippen LogP contribution in [-0.4, -0.2) is 11.1 Å². The zero-order valence-electron chi connectivity index (χ0n) is 8.74. The van der Waals surface area contributed by atoms with Gasteiger partial charge in [0.05, 0.1) is 5.92 Å². The van der Waals surface area contributed by atoms with E-state index >= 15 is 0 Å². The van der Waals surface area contributed by atoms with Crippen molar-refractivity contribution in [2.45, 2.75) is 32.1 Å². The van der Waals surface area contributed by atoms with Gasteiger partial charge in [-0.1, -0.05) is 49.6 Å². The summed E-state index contributed by atoms with van der Waals surface area (Å²) in [6.07, 6.45) is 2.55. The largest absolute Gasteiger partial charge is 0.481 e. The molecule has 1 aromatic rings. The fourth-order valence-corrected chi connectivity index (χ4v) is 1.85. The molecule has 0 aliphatic heterocycles. The van der Waals surface area contributed by atoms with Crippen LogP contribution in [0.25, 0.3) is 0 Å². The van der Waals surface area contributed by atoms with Crippen LogP contribution in [0, 0.1) is 0 Å². The quantitative estimate of drug-likeness (QED) is 0.831. The van der Waals surface area contributed by atoms with E-state index in [1.165, 1.54) is 0 Å². The van der Waals surface area contributed by atoms with Crippen molar-refractivity contribution in [1.29, 1.82) is 0 Å². The first-order valence-corrected chi connectivity index (χ1v) is 5.51. The Bertz CT molecular complexity index is 336. The third-order valence-corrected chi connectivity index (χ3v) is 2.77. The fraction of sp³-hybridized carbons (Fsp3) is 0.417. The molecule has 0 heterocycles. The standard InChI is InChI=1S/C12H15ClO2/c1-2-3-6-10(12(14)15)9-7-4-5-8-11(9)13/h4-5,7-8,10H,2-3,6H2,1H3,(H,14,15). The molecule has 0 aromatic heterocycles. The van der Waals surface area contributed by atoms with Crippen molar-refractivity contribution in [3.05, 3.63) is 34.9 Å². The molecule has 0 saturated carbocycles. The van der Waals surface area contributed by atoms with Crippen LogP contribution in [0.1, 0.15) is 37.7 Å². The minimum absolute atomic E-state index is 0.473. The predicted octanol–water partition coefficient (Wildman–Crippen LogP) is 3.70. The van der Waals surface area contributed by atoms with E-state index in [4.69, 9.17) is 16.7 Å². The van der Waals surface area contributed by atoms with Crippen molar-refractivity contribution in [2.75, 3.05) is 0 Å². The molecular formula is C12H15ClO2. The lowest BCUT2D eigenvalue weighted by atomic mass is 9.94. The van der Waals surface area contributed by atoms with E-state index in [1.807, 2.05) is 19.1 Å². The van der Waals surface area contributed by atoms with Crippen LogP contribution in [-0.2, 0) is 4.79 Å². The summed E-state index contributed by atoms with van der Waals surface area (Å²) in [6, 6.07) is 7.16. The van der Waals surface area contributed by atoms with E-state index in [9.17, 15) is 4.79 Å². The smallest absolute Gasteiger partial charge is 0.311 e. The molecule has 1 N–H and O–H groups in total. The van der Waals surface area contributed by atoms with E-state index in [0.717, 1.165) is 18.4 Å². The monoisotopic (exact) mass is 226 g/mol. The SMILES string of the molecule is CCCCC(C(=O)O)c1ccccc1Cl. The third-order valence-electron chi connectivity index (χ3n) is 2.43. The minimum Gasteiger partial charge on any atom is -0.481 e. The van der Waals surface area contributed by atoms with E-state index in [0.29, 0.717) is 11.4 Å². The number of aliphatic carboxylic acids is 1. The summed E-state index contributed by atoms with van der Waals surface area (Å²) < 4.78 is 0. The second-order valence-electron chi connectivity index (χ2n) is 3.55. The van der Waals surface area contributed by atoms with Gasteiger partial charge in [-0.05, 0) is 18.1 Å². The Kier molecular flexibility index (Phi) is 4.63. The highest BCUT2D eigenvalue weighted by Gasteiger charge is 2.20. The third kappa shape index (κ3) is 3.24. The van der Waals surface area contributed by atoms with E-state index in [1.54, 1.807) is 12.1 Å². The highest BCUT2D eigenvalue weighted by atomic mass is 35.5. The van der Waals surface area contributed by atoms with Gasteiger partial charge in [-0.15, -0.1) is 0 Å². The van der Waals surface area contributed by atoms with Crippen molar-refractivity contribution >= 4 is 17.6 Å². The molecule has 0 spiro atoms. The number of unbranched alkanes of at least 4 members (excludes halogenated alkanes) is 1. The van der Waals surface area contributed by atoms with Gasteiger partial charge in [0.25, 0.3) is 0 Å². The molecule has 1 unspecified atom stereocenters. The Balaban J connectivity index is 2.89. The number of carboxylic acid groups (broad SMARTS) is 1. The van der Waals surface area contributed by atoms with Crippen LogP contribution in [0.2, 0.25) is 5.02 Å². The van der Waals surface area contributed by atoms with Crippen LogP contribution in [0.5, 0.6) is 0 Å². The number of carboxylic acids is 1. The zero-order chi connectivity index (χ0) is 11.3. The molecule has 1 rings (SSSR count). The lowest BCUT2D eigenvalue weighted by Crippen LogP contribution is -2.12. The summed E-state index contributed by atoms with van der Waals surface area (Å²) in [5, 5.41) is 9.66. The van der Waals surface area contributed by atoms with Crippen molar-refractivity contribution < 1.29 is 9.90 Å².